The molecule has 1 aliphatic rings. The molecule has 34 heavy (non-hydrogen) atoms. The van der Waals surface area contributed by atoms with Crippen LogP contribution in [0, 0.1) is 10.1 Å². The Kier molecular flexibility index (Phi) is 12.1. The predicted molar refractivity (Wildman–Crippen MR) is 129 cm³/mol. The summed E-state index contributed by atoms with van der Waals surface area (Å²) >= 11 is 5.87. The number of carbonyl (C=O) groups excluding carboxylic acids is 1. The number of unbranched alkanes of at least 4 members (excludes halogenated alkanes) is 3. The molecule has 1 aliphatic heterocycles. The van der Waals surface area contributed by atoms with Crippen LogP contribution in [0.25, 0.3) is 0 Å². The van der Waals surface area contributed by atoms with Gasteiger partial charge < -0.3 is 19.6 Å². The van der Waals surface area contributed by atoms with Crippen molar-refractivity contribution in [1.82, 2.24) is 19.7 Å². The van der Waals surface area contributed by atoms with E-state index in [9.17, 15) is 14.9 Å². The monoisotopic (exact) mass is 497 g/mol. The van der Waals surface area contributed by atoms with Crippen molar-refractivity contribution in [3.63, 3.8) is 0 Å². The second-order valence-corrected chi connectivity index (χ2v) is 8.77. The lowest BCUT2D eigenvalue weighted by atomic mass is 10.2. The second kappa shape index (κ2) is 14.7. The minimum Gasteiger partial charge on any atom is -0.466 e. The van der Waals surface area contributed by atoms with Crippen molar-refractivity contribution in [2.75, 3.05) is 46.6 Å². The first-order chi connectivity index (χ1) is 16.3. The van der Waals surface area contributed by atoms with E-state index in [2.05, 4.69) is 4.98 Å². The Hall–Kier alpha value is -2.43. The Morgan fingerprint density at radius 2 is 2.06 bits per heavy atom. The van der Waals surface area contributed by atoms with E-state index in [1.807, 2.05) is 34.7 Å². The number of rotatable bonds is 15. The smallest absolute Gasteiger partial charge is 0.305 e. The van der Waals surface area contributed by atoms with E-state index in [0.717, 1.165) is 31.2 Å². The summed E-state index contributed by atoms with van der Waals surface area (Å²) in [6.45, 7) is 4.94. The van der Waals surface area contributed by atoms with Gasteiger partial charge in [0.15, 0.2) is 5.82 Å². The number of hydrogen-bond donors (Lipinski definition) is 1. The van der Waals surface area contributed by atoms with E-state index in [0.29, 0.717) is 50.3 Å². The molecule has 0 radical (unpaired) electrons. The molecule has 2 heterocycles. The molecular weight excluding hydrogens is 462 g/mol. The van der Waals surface area contributed by atoms with Gasteiger partial charge >= 0.3 is 5.97 Å². The summed E-state index contributed by atoms with van der Waals surface area (Å²) in [5, 5.41) is 21.1. The van der Waals surface area contributed by atoms with Crippen LogP contribution in [0.2, 0.25) is 5.15 Å². The number of aliphatic hydroxyl groups is 1. The summed E-state index contributed by atoms with van der Waals surface area (Å²) in [4.78, 5) is 33.5. The number of esters is 1. The molecule has 0 aromatic carbocycles. The molecule has 1 aromatic rings. The van der Waals surface area contributed by atoms with Gasteiger partial charge in [-0.25, -0.2) is 4.98 Å². The molecule has 0 spiro atoms. The van der Waals surface area contributed by atoms with Gasteiger partial charge in [-0.1, -0.05) is 24.1 Å². The maximum Gasteiger partial charge on any atom is 0.305 e. The molecule has 0 atom stereocenters. The Morgan fingerprint density at radius 1 is 1.29 bits per heavy atom. The molecule has 1 aromatic heterocycles. The highest BCUT2D eigenvalue weighted by Gasteiger charge is 2.33. The lowest BCUT2D eigenvalue weighted by Crippen LogP contribution is -2.48. The maximum absolute atomic E-state index is 12.0. The summed E-state index contributed by atoms with van der Waals surface area (Å²) in [5.41, 5.74) is 1.06. The van der Waals surface area contributed by atoms with Gasteiger partial charge in [0.05, 0.1) is 24.7 Å². The normalized spacial score (nSPS) is 14.4. The second-order valence-electron chi connectivity index (χ2n) is 8.38. The van der Waals surface area contributed by atoms with Gasteiger partial charge in [-0.15, -0.1) is 0 Å². The lowest BCUT2D eigenvalue weighted by molar-refractivity contribution is -0.433. The van der Waals surface area contributed by atoms with E-state index in [-0.39, 0.29) is 36.2 Å². The number of aliphatic hydroxyl groups excluding tert-OH is 1. The Balaban J connectivity index is 1.89. The highest BCUT2D eigenvalue weighted by Crippen LogP contribution is 2.24. The first-order valence-corrected chi connectivity index (χ1v) is 12.2. The number of ether oxygens (including phenoxy) is 1. The minimum atomic E-state index is -0.314. The molecule has 0 saturated carbocycles. The highest BCUT2D eigenvalue weighted by atomic mass is 35.5. The fourth-order valence-corrected chi connectivity index (χ4v) is 4.07. The molecule has 190 valence electrons. The number of carbonyl (C=O) groups is 1. The van der Waals surface area contributed by atoms with Crippen molar-refractivity contribution in [2.24, 2.45) is 0 Å². The molecular formula is C23H36ClN5O5. The number of hydrogen-bond acceptors (Lipinski definition) is 9. The van der Waals surface area contributed by atoms with Gasteiger partial charge in [0.2, 0.25) is 0 Å². The van der Waals surface area contributed by atoms with Crippen molar-refractivity contribution >= 4 is 17.6 Å². The first-order valence-electron chi connectivity index (χ1n) is 11.8. The first kappa shape index (κ1) is 27.8. The SMILES string of the molecule is CCN(Cc1ccc(Cl)nc1)C1=C([N+](=O)[O-])CN(CCCC(=O)OCCCCCCO)CN1C. The Bertz CT molecular complexity index is 820. The molecule has 10 nitrogen and oxygen atoms in total. The van der Waals surface area contributed by atoms with Crippen molar-refractivity contribution < 1.29 is 19.6 Å². The van der Waals surface area contributed by atoms with Gasteiger partial charge in [0.1, 0.15) is 5.15 Å². The zero-order valence-corrected chi connectivity index (χ0v) is 20.9. The van der Waals surface area contributed by atoms with Crippen molar-refractivity contribution in [3.05, 3.63) is 50.7 Å². The molecule has 0 bridgehead atoms. The molecule has 0 saturated heterocycles. The Morgan fingerprint density at radius 3 is 2.71 bits per heavy atom. The van der Waals surface area contributed by atoms with Crippen LogP contribution in [0.5, 0.6) is 0 Å². The average molecular weight is 498 g/mol. The van der Waals surface area contributed by atoms with Crippen LogP contribution in [0.15, 0.2) is 29.8 Å². The molecule has 1 N–H and O–H groups in total. The number of halogens is 1. The van der Waals surface area contributed by atoms with E-state index < -0.39 is 0 Å². The van der Waals surface area contributed by atoms with Gasteiger partial charge in [-0.2, -0.15) is 0 Å². The van der Waals surface area contributed by atoms with Gasteiger partial charge in [-0.05, 0) is 44.2 Å². The number of pyridine rings is 1. The summed E-state index contributed by atoms with van der Waals surface area (Å²) in [7, 11) is 1.85. The number of nitro groups is 1. The van der Waals surface area contributed by atoms with E-state index >= 15 is 0 Å². The van der Waals surface area contributed by atoms with Crippen LogP contribution in [0.4, 0.5) is 0 Å². The van der Waals surface area contributed by atoms with Crippen molar-refractivity contribution in [2.45, 2.75) is 52.0 Å². The minimum absolute atomic E-state index is 0.142. The predicted octanol–water partition coefficient (Wildman–Crippen LogP) is 3.08. The van der Waals surface area contributed by atoms with Crippen LogP contribution in [-0.4, -0.2) is 82.2 Å². The molecule has 0 aliphatic carbocycles. The maximum atomic E-state index is 12.0. The van der Waals surface area contributed by atoms with Crippen LogP contribution in [0.3, 0.4) is 0 Å². The summed E-state index contributed by atoms with van der Waals surface area (Å²) < 4.78 is 5.25. The van der Waals surface area contributed by atoms with E-state index in [4.69, 9.17) is 21.4 Å². The fourth-order valence-electron chi connectivity index (χ4n) is 3.96. The van der Waals surface area contributed by atoms with E-state index in [1.54, 1.807) is 12.3 Å². The summed E-state index contributed by atoms with van der Waals surface area (Å²) in [6, 6.07) is 3.58. The third-order valence-electron chi connectivity index (χ3n) is 5.64. The van der Waals surface area contributed by atoms with E-state index in [1.165, 1.54) is 0 Å². The third kappa shape index (κ3) is 9.08. The van der Waals surface area contributed by atoms with Gasteiger partial charge in [0.25, 0.3) is 5.70 Å². The quantitative estimate of drug-likeness (QED) is 0.128. The molecule has 0 amide bonds. The van der Waals surface area contributed by atoms with Crippen LogP contribution >= 0.6 is 11.6 Å². The molecule has 2 rings (SSSR count). The molecule has 11 heteroatoms. The molecule has 0 unspecified atom stereocenters. The third-order valence-corrected chi connectivity index (χ3v) is 5.86. The average Bonchev–Trinajstić information content (AvgIpc) is 2.81. The van der Waals surface area contributed by atoms with Crippen molar-refractivity contribution in [1.29, 1.82) is 0 Å². The number of aromatic nitrogens is 1. The summed E-state index contributed by atoms with van der Waals surface area (Å²) in [5.74, 6) is 0.353. The standard InChI is InChI=1S/C23H36ClN5O5/c1-3-28(16-19-10-11-21(24)25-15-19)23-20(29(32)33)17-27(18-26(23)2)12-8-9-22(31)34-14-7-5-4-6-13-30/h10-11,15,30H,3-9,12-14,16-18H2,1-2H3. The lowest BCUT2D eigenvalue weighted by Gasteiger charge is -2.39. The largest absolute Gasteiger partial charge is 0.466 e. The zero-order chi connectivity index (χ0) is 24.9. The molecule has 0 fully saturated rings. The van der Waals surface area contributed by atoms with Crippen LogP contribution in [0.1, 0.15) is 51.0 Å². The number of nitrogens with zero attached hydrogens (tertiary/aromatic N) is 5. The van der Waals surface area contributed by atoms with Crippen LogP contribution in [-0.2, 0) is 16.1 Å². The summed E-state index contributed by atoms with van der Waals surface area (Å²) in [6.07, 6.45) is 5.96. The fraction of sp³-hybridized carbons (Fsp3) is 0.652. The van der Waals surface area contributed by atoms with Gasteiger partial charge in [0, 0.05) is 45.9 Å². The van der Waals surface area contributed by atoms with Crippen molar-refractivity contribution in [3.8, 4) is 0 Å². The highest BCUT2D eigenvalue weighted by molar-refractivity contribution is 6.29. The topological polar surface area (TPSA) is 112 Å². The Labute approximate surface area is 206 Å². The van der Waals surface area contributed by atoms with Crippen LogP contribution < -0.4 is 0 Å². The van der Waals surface area contributed by atoms with Gasteiger partial charge in [-0.3, -0.25) is 19.8 Å². The zero-order valence-electron chi connectivity index (χ0n) is 20.1.